The van der Waals surface area contributed by atoms with Crippen molar-refractivity contribution >= 4 is 45.6 Å². The number of nitrogens with one attached hydrogen (secondary N) is 2. The summed E-state index contributed by atoms with van der Waals surface area (Å²) in [6.45, 7) is 0.450. The maximum absolute atomic E-state index is 12.6. The molecule has 0 saturated carbocycles. The SMILES string of the molecule is CN=C(NCc1ccc([N+](=O)[O-])cc1)NCC1CCN(S(=O)(=O)C(F)(F)F)CC1.I. The molecule has 2 N–H and O–H groups in total. The summed E-state index contributed by atoms with van der Waals surface area (Å²) in [5.41, 5.74) is -4.47. The van der Waals surface area contributed by atoms with E-state index in [9.17, 15) is 31.7 Å². The van der Waals surface area contributed by atoms with Gasteiger partial charge < -0.3 is 10.6 Å². The molecule has 0 radical (unpaired) electrons. The number of benzene rings is 1. The van der Waals surface area contributed by atoms with Gasteiger partial charge in [0.1, 0.15) is 0 Å². The number of hydrogen-bond acceptors (Lipinski definition) is 5. The van der Waals surface area contributed by atoms with E-state index in [2.05, 4.69) is 15.6 Å². The number of halogens is 4. The fraction of sp³-hybridized carbons (Fsp3) is 0.562. The molecule has 0 aromatic heterocycles. The topological polar surface area (TPSA) is 117 Å². The summed E-state index contributed by atoms with van der Waals surface area (Å²) < 4.78 is 61.1. The third-order valence-corrected chi connectivity index (χ3v) is 6.22. The lowest BCUT2D eigenvalue weighted by Crippen LogP contribution is -2.47. The van der Waals surface area contributed by atoms with Crippen LogP contribution >= 0.6 is 24.0 Å². The highest BCUT2D eigenvalue weighted by Crippen LogP contribution is 2.30. The summed E-state index contributed by atoms with van der Waals surface area (Å²) in [6.07, 6.45) is 0.614. The van der Waals surface area contributed by atoms with E-state index in [1.807, 2.05) is 0 Å². The monoisotopic (exact) mass is 565 g/mol. The zero-order valence-electron chi connectivity index (χ0n) is 16.1. The van der Waals surface area contributed by atoms with Gasteiger partial charge in [0.15, 0.2) is 5.96 Å². The molecule has 0 aliphatic carbocycles. The molecule has 30 heavy (non-hydrogen) atoms. The van der Waals surface area contributed by atoms with Gasteiger partial charge in [-0.2, -0.15) is 17.5 Å². The first-order valence-corrected chi connectivity index (χ1v) is 10.2. The molecule has 1 fully saturated rings. The number of alkyl halides is 3. The van der Waals surface area contributed by atoms with E-state index in [1.165, 1.54) is 12.1 Å². The van der Waals surface area contributed by atoms with Gasteiger partial charge in [-0.25, -0.2) is 8.42 Å². The molecule has 170 valence electrons. The molecule has 0 amide bonds. The Labute approximate surface area is 189 Å². The number of hydrogen-bond donors (Lipinski definition) is 2. The van der Waals surface area contributed by atoms with Crippen LogP contribution in [0.15, 0.2) is 29.3 Å². The molecule has 0 atom stereocenters. The van der Waals surface area contributed by atoms with Crippen molar-refractivity contribution in [2.24, 2.45) is 10.9 Å². The van der Waals surface area contributed by atoms with Crippen molar-refractivity contribution in [2.45, 2.75) is 24.9 Å². The molecule has 1 aromatic carbocycles. The number of guanidine groups is 1. The predicted octanol–water partition coefficient (Wildman–Crippen LogP) is 2.44. The van der Waals surface area contributed by atoms with Crippen LogP contribution < -0.4 is 10.6 Å². The third-order valence-electron chi connectivity index (χ3n) is 4.59. The summed E-state index contributed by atoms with van der Waals surface area (Å²) >= 11 is 0. The van der Waals surface area contributed by atoms with Crippen LogP contribution in [0, 0.1) is 16.0 Å². The molecular formula is C16H23F3IN5O4S. The standard InChI is InChI=1S/C16H22F3N5O4S.HI/c1-20-15(21-10-12-2-4-14(5-3-12)24(25)26)22-11-13-6-8-23(9-7-13)29(27,28)16(17,18)19;/h2-5,13H,6-11H2,1H3,(H2,20,21,22);1H. The first kappa shape index (κ1) is 26.4. The van der Waals surface area contributed by atoms with Gasteiger partial charge in [0.2, 0.25) is 0 Å². The number of non-ortho nitro benzene ring substituents is 1. The van der Waals surface area contributed by atoms with Crippen molar-refractivity contribution in [1.82, 2.24) is 14.9 Å². The highest BCUT2D eigenvalue weighted by Gasteiger charge is 2.50. The molecule has 0 unspecified atom stereocenters. The highest BCUT2D eigenvalue weighted by atomic mass is 127. The van der Waals surface area contributed by atoms with Gasteiger partial charge in [0, 0.05) is 45.4 Å². The zero-order chi connectivity index (χ0) is 21.7. The lowest BCUT2D eigenvalue weighted by molar-refractivity contribution is -0.384. The lowest BCUT2D eigenvalue weighted by atomic mass is 9.98. The van der Waals surface area contributed by atoms with E-state index in [1.54, 1.807) is 19.2 Å². The first-order valence-electron chi connectivity index (χ1n) is 8.79. The second-order valence-electron chi connectivity index (χ2n) is 6.52. The molecule has 2 rings (SSSR count). The van der Waals surface area contributed by atoms with E-state index < -0.39 is 20.5 Å². The number of rotatable bonds is 6. The fourth-order valence-corrected chi connectivity index (χ4v) is 3.87. The van der Waals surface area contributed by atoms with Crippen LogP contribution in [-0.2, 0) is 16.6 Å². The van der Waals surface area contributed by atoms with E-state index >= 15 is 0 Å². The van der Waals surface area contributed by atoms with Crippen LogP contribution in [0.5, 0.6) is 0 Å². The minimum Gasteiger partial charge on any atom is -0.356 e. The Hall–Kier alpha value is -1.68. The normalized spacial score (nSPS) is 16.6. The Bertz CT molecular complexity index is 841. The Morgan fingerprint density at radius 2 is 1.80 bits per heavy atom. The molecular weight excluding hydrogens is 542 g/mol. The van der Waals surface area contributed by atoms with Crippen molar-refractivity contribution in [3.05, 3.63) is 39.9 Å². The number of nitro benzene ring substituents is 1. The molecule has 1 saturated heterocycles. The molecule has 0 spiro atoms. The van der Waals surface area contributed by atoms with Gasteiger partial charge in [-0.3, -0.25) is 15.1 Å². The van der Waals surface area contributed by atoms with Gasteiger partial charge in [0.05, 0.1) is 4.92 Å². The predicted molar refractivity (Wildman–Crippen MR) is 116 cm³/mol. The number of aliphatic imine (C=N–C) groups is 1. The average molecular weight is 565 g/mol. The van der Waals surface area contributed by atoms with Crippen LogP contribution in [0.3, 0.4) is 0 Å². The van der Waals surface area contributed by atoms with Crippen molar-refractivity contribution in [1.29, 1.82) is 0 Å². The van der Waals surface area contributed by atoms with Gasteiger partial charge in [-0.15, -0.1) is 24.0 Å². The number of nitrogens with zero attached hydrogens (tertiary/aromatic N) is 3. The van der Waals surface area contributed by atoms with Gasteiger partial charge in [0.25, 0.3) is 5.69 Å². The molecule has 1 aliphatic rings. The quantitative estimate of drug-likeness (QED) is 0.180. The van der Waals surface area contributed by atoms with Crippen molar-refractivity contribution in [3.8, 4) is 0 Å². The number of nitro groups is 1. The summed E-state index contributed by atoms with van der Waals surface area (Å²) in [6, 6.07) is 6.04. The fourth-order valence-electron chi connectivity index (χ4n) is 2.88. The molecule has 1 aromatic rings. The van der Waals surface area contributed by atoms with Crippen LogP contribution in [0.4, 0.5) is 18.9 Å². The molecule has 1 heterocycles. The smallest absolute Gasteiger partial charge is 0.356 e. The minimum atomic E-state index is -5.28. The van der Waals surface area contributed by atoms with E-state index in [4.69, 9.17) is 0 Å². The second kappa shape index (κ2) is 11.1. The van der Waals surface area contributed by atoms with Gasteiger partial charge in [-0.1, -0.05) is 12.1 Å². The zero-order valence-corrected chi connectivity index (χ0v) is 19.2. The maximum atomic E-state index is 12.6. The van der Waals surface area contributed by atoms with Crippen molar-refractivity contribution in [3.63, 3.8) is 0 Å². The van der Waals surface area contributed by atoms with E-state index in [0.717, 1.165) is 5.56 Å². The maximum Gasteiger partial charge on any atom is 0.511 e. The van der Waals surface area contributed by atoms with Crippen LogP contribution in [0.2, 0.25) is 0 Å². The second-order valence-corrected chi connectivity index (χ2v) is 8.45. The van der Waals surface area contributed by atoms with Crippen LogP contribution in [0.25, 0.3) is 0 Å². The number of sulfonamides is 1. The van der Waals surface area contributed by atoms with Crippen molar-refractivity contribution < 1.29 is 26.5 Å². The molecule has 14 heteroatoms. The Morgan fingerprint density at radius 3 is 2.27 bits per heavy atom. The highest BCUT2D eigenvalue weighted by molar-refractivity contribution is 14.0. The summed E-state index contributed by atoms with van der Waals surface area (Å²) in [5, 5.41) is 16.8. The lowest BCUT2D eigenvalue weighted by Gasteiger charge is -2.31. The molecule has 0 bridgehead atoms. The van der Waals surface area contributed by atoms with E-state index in [0.29, 0.717) is 36.2 Å². The Morgan fingerprint density at radius 1 is 1.23 bits per heavy atom. The van der Waals surface area contributed by atoms with Crippen LogP contribution in [0.1, 0.15) is 18.4 Å². The summed E-state index contributed by atoms with van der Waals surface area (Å²) in [4.78, 5) is 14.2. The summed E-state index contributed by atoms with van der Waals surface area (Å²) in [7, 11) is -3.71. The van der Waals surface area contributed by atoms with Crippen molar-refractivity contribution in [2.75, 3.05) is 26.7 Å². The first-order chi connectivity index (χ1) is 13.5. The summed E-state index contributed by atoms with van der Waals surface area (Å²) in [5.74, 6) is 0.473. The largest absolute Gasteiger partial charge is 0.511 e. The van der Waals surface area contributed by atoms with Gasteiger partial charge >= 0.3 is 15.5 Å². The Kier molecular flexibility index (Phi) is 9.74. The number of piperidine rings is 1. The minimum absolute atomic E-state index is 0. The third kappa shape index (κ3) is 6.94. The Balaban J connectivity index is 0.00000450. The van der Waals surface area contributed by atoms with E-state index in [-0.39, 0.29) is 48.7 Å². The molecule has 1 aliphatic heterocycles. The average Bonchev–Trinajstić information content (AvgIpc) is 2.68. The van der Waals surface area contributed by atoms with Crippen LogP contribution in [-0.4, -0.2) is 55.8 Å². The van der Waals surface area contributed by atoms with Gasteiger partial charge in [-0.05, 0) is 24.3 Å². The molecule has 9 nitrogen and oxygen atoms in total.